The van der Waals surface area contributed by atoms with Gasteiger partial charge in [0.15, 0.2) is 0 Å². The topological polar surface area (TPSA) is 33.0 Å². The quantitative estimate of drug-likeness (QED) is 0.769. The van der Waals surface area contributed by atoms with Crippen LogP contribution in [0.4, 0.5) is 0 Å². The lowest BCUT2D eigenvalue weighted by Crippen LogP contribution is -1.81. The molecule has 2 aromatic carbocycles. The van der Waals surface area contributed by atoms with Gasteiger partial charge in [-0.2, -0.15) is 5.26 Å². The van der Waals surface area contributed by atoms with Crippen LogP contribution in [0.2, 0.25) is 0 Å². The Morgan fingerprint density at radius 3 is 1.80 bits per heavy atom. The van der Waals surface area contributed by atoms with Crippen LogP contribution in [0, 0.1) is 11.3 Å². The molecule has 2 rings (SSSR count). The molecule has 0 bridgehead atoms. The highest BCUT2D eigenvalue weighted by Crippen LogP contribution is 2.12. The Bertz CT molecular complexity index is 643. The minimum atomic E-state index is 0.677. The average Bonchev–Trinajstić information content (AvgIpc) is 2.53. The normalized spacial score (nSPS) is 10.8. The molecule has 0 N–H and O–H groups in total. The Kier molecular flexibility index (Phi) is 4.75. The zero-order chi connectivity index (χ0) is 14.2. The van der Waals surface area contributed by atoms with Gasteiger partial charge in [0.2, 0.25) is 0 Å². The van der Waals surface area contributed by atoms with Crippen LogP contribution in [-0.2, 0) is 0 Å². The van der Waals surface area contributed by atoms with Crippen molar-refractivity contribution >= 4 is 12.2 Å². The predicted octanol–water partition coefficient (Wildman–Crippen LogP) is 4.29. The van der Waals surface area contributed by atoms with Gasteiger partial charge in [-0.15, -0.1) is 0 Å². The summed E-state index contributed by atoms with van der Waals surface area (Å²) in [5.41, 5.74) is 2.87. The van der Waals surface area contributed by atoms with Crippen LogP contribution >= 0.6 is 0 Å². The third kappa shape index (κ3) is 3.86. The second-order valence-electron chi connectivity index (χ2n) is 4.23. The lowest BCUT2D eigenvalue weighted by atomic mass is 10.1. The van der Waals surface area contributed by atoms with E-state index in [1.807, 2.05) is 72.8 Å². The van der Waals surface area contributed by atoms with Gasteiger partial charge in [0, 0.05) is 0 Å². The van der Waals surface area contributed by atoms with Gasteiger partial charge < -0.3 is 4.74 Å². The molecule has 2 heteroatoms. The van der Waals surface area contributed by atoms with Gasteiger partial charge in [0.05, 0.1) is 18.7 Å². The molecule has 0 aliphatic rings. The first-order valence-corrected chi connectivity index (χ1v) is 6.31. The van der Waals surface area contributed by atoms with Crippen LogP contribution in [-0.4, -0.2) is 7.11 Å². The summed E-state index contributed by atoms with van der Waals surface area (Å²) in [5.74, 6) is 0.857. The first kappa shape index (κ1) is 13.6. The van der Waals surface area contributed by atoms with Gasteiger partial charge in [-0.3, -0.25) is 0 Å². The number of benzene rings is 2. The number of nitrogens with zero attached hydrogens (tertiary/aromatic N) is 1. The van der Waals surface area contributed by atoms with Gasteiger partial charge >= 0.3 is 0 Å². The second kappa shape index (κ2) is 6.96. The molecule has 0 saturated heterocycles. The Labute approximate surface area is 119 Å². The van der Waals surface area contributed by atoms with E-state index >= 15 is 0 Å². The number of nitriles is 1. The number of hydrogen-bond donors (Lipinski definition) is 0. The molecule has 0 atom stereocenters. The number of allylic oxidation sites excluding steroid dienone is 2. The van der Waals surface area contributed by atoms with Gasteiger partial charge in [-0.05, 0) is 35.4 Å². The molecule has 0 heterocycles. The first-order valence-electron chi connectivity index (χ1n) is 6.31. The molecular weight excluding hydrogens is 246 g/mol. The van der Waals surface area contributed by atoms with E-state index < -0.39 is 0 Å². The Morgan fingerprint density at radius 2 is 1.35 bits per heavy atom. The Hall–Kier alpha value is -2.79. The molecular formula is C18H15NO. The Balaban J connectivity index is 1.97. The smallest absolute Gasteiger partial charge is 0.118 e. The van der Waals surface area contributed by atoms with E-state index in [0.29, 0.717) is 5.56 Å². The van der Waals surface area contributed by atoms with Crippen molar-refractivity contribution < 1.29 is 4.74 Å². The maximum Gasteiger partial charge on any atom is 0.118 e. The summed E-state index contributed by atoms with van der Waals surface area (Å²) in [4.78, 5) is 0. The van der Waals surface area contributed by atoms with E-state index in [4.69, 9.17) is 10.00 Å². The molecule has 2 aromatic rings. The molecule has 0 unspecified atom stereocenters. The fourth-order valence-corrected chi connectivity index (χ4v) is 1.72. The summed E-state index contributed by atoms with van der Waals surface area (Å²) in [7, 11) is 1.66. The second-order valence-corrected chi connectivity index (χ2v) is 4.23. The molecule has 0 radical (unpaired) electrons. The monoisotopic (exact) mass is 261 g/mol. The molecule has 0 spiro atoms. The SMILES string of the molecule is COc1ccc(C=CC=Cc2ccc(C#N)cc2)cc1. The van der Waals surface area contributed by atoms with Crippen molar-refractivity contribution in [3.63, 3.8) is 0 Å². The summed E-state index contributed by atoms with van der Waals surface area (Å²) in [6, 6.07) is 17.5. The molecule has 98 valence electrons. The van der Waals surface area contributed by atoms with Gasteiger partial charge in [0.1, 0.15) is 5.75 Å². The maximum absolute atomic E-state index is 8.72. The summed E-state index contributed by atoms with van der Waals surface area (Å²) in [5, 5.41) is 8.72. The first-order chi connectivity index (χ1) is 9.81. The fourth-order valence-electron chi connectivity index (χ4n) is 1.72. The van der Waals surface area contributed by atoms with Gasteiger partial charge in [0.25, 0.3) is 0 Å². The van der Waals surface area contributed by atoms with E-state index in [1.165, 1.54) is 0 Å². The van der Waals surface area contributed by atoms with E-state index in [2.05, 4.69) is 6.07 Å². The summed E-state index contributed by atoms with van der Waals surface area (Å²) >= 11 is 0. The van der Waals surface area contributed by atoms with Crippen molar-refractivity contribution in [2.45, 2.75) is 0 Å². The maximum atomic E-state index is 8.72. The lowest BCUT2D eigenvalue weighted by Gasteiger charge is -1.98. The number of rotatable bonds is 4. The van der Waals surface area contributed by atoms with Crippen LogP contribution in [0.5, 0.6) is 5.75 Å². The van der Waals surface area contributed by atoms with Crippen molar-refractivity contribution in [3.8, 4) is 11.8 Å². The molecule has 0 aliphatic carbocycles. The lowest BCUT2D eigenvalue weighted by molar-refractivity contribution is 0.415. The van der Waals surface area contributed by atoms with Crippen molar-refractivity contribution in [2.24, 2.45) is 0 Å². The molecule has 2 nitrogen and oxygen atoms in total. The molecule has 0 amide bonds. The molecule has 0 fully saturated rings. The van der Waals surface area contributed by atoms with Crippen LogP contribution < -0.4 is 4.74 Å². The standard InChI is InChI=1S/C18H15NO/c1-20-18-12-10-16(11-13-18)5-3-2-4-15-6-8-17(14-19)9-7-15/h2-13H,1H3. The predicted molar refractivity (Wildman–Crippen MR) is 82.2 cm³/mol. The Morgan fingerprint density at radius 1 is 0.850 bits per heavy atom. The molecule has 0 aliphatic heterocycles. The van der Waals surface area contributed by atoms with Crippen molar-refractivity contribution in [3.05, 3.63) is 77.4 Å². The minimum Gasteiger partial charge on any atom is -0.497 e. The van der Waals surface area contributed by atoms with E-state index in [9.17, 15) is 0 Å². The average molecular weight is 261 g/mol. The van der Waals surface area contributed by atoms with Crippen LogP contribution in [0.1, 0.15) is 16.7 Å². The van der Waals surface area contributed by atoms with E-state index in [0.717, 1.165) is 16.9 Å². The van der Waals surface area contributed by atoms with Gasteiger partial charge in [-0.25, -0.2) is 0 Å². The minimum absolute atomic E-state index is 0.677. The van der Waals surface area contributed by atoms with Crippen molar-refractivity contribution in [2.75, 3.05) is 7.11 Å². The van der Waals surface area contributed by atoms with E-state index in [1.54, 1.807) is 7.11 Å². The van der Waals surface area contributed by atoms with Crippen molar-refractivity contribution in [1.29, 1.82) is 5.26 Å². The largest absolute Gasteiger partial charge is 0.497 e. The highest BCUT2D eigenvalue weighted by atomic mass is 16.5. The summed E-state index contributed by atoms with van der Waals surface area (Å²) < 4.78 is 5.11. The zero-order valence-electron chi connectivity index (χ0n) is 11.3. The third-order valence-corrected chi connectivity index (χ3v) is 2.84. The highest BCUT2D eigenvalue weighted by molar-refractivity contribution is 5.58. The fraction of sp³-hybridized carbons (Fsp3) is 0.0556. The molecule has 20 heavy (non-hydrogen) atoms. The van der Waals surface area contributed by atoms with Crippen LogP contribution in [0.25, 0.3) is 12.2 Å². The molecule has 0 saturated carbocycles. The highest BCUT2D eigenvalue weighted by Gasteiger charge is 1.90. The number of ether oxygens (including phenoxy) is 1. The zero-order valence-corrected chi connectivity index (χ0v) is 11.3. The van der Waals surface area contributed by atoms with Crippen LogP contribution in [0.3, 0.4) is 0 Å². The third-order valence-electron chi connectivity index (χ3n) is 2.84. The van der Waals surface area contributed by atoms with Crippen LogP contribution in [0.15, 0.2) is 60.7 Å². The number of methoxy groups -OCH3 is 1. The summed E-state index contributed by atoms with van der Waals surface area (Å²) in [6.45, 7) is 0. The number of hydrogen-bond acceptors (Lipinski definition) is 2. The summed E-state index contributed by atoms with van der Waals surface area (Å²) in [6.07, 6.45) is 7.99. The van der Waals surface area contributed by atoms with E-state index in [-0.39, 0.29) is 0 Å². The molecule has 0 aromatic heterocycles. The van der Waals surface area contributed by atoms with Gasteiger partial charge in [-0.1, -0.05) is 48.6 Å². The van der Waals surface area contributed by atoms with Crippen molar-refractivity contribution in [1.82, 2.24) is 0 Å².